The van der Waals surface area contributed by atoms with Crippen LogP contribution < -0.4 is 5.32 Å². The summed E-state index contributed by atoms with van der Waals surface area (Å²) in [6, 6.07) is 6.03. The van der Waals surface area contributed by atoms with E-state index in [4.69, 9.17) is 11.6 Å². The molecule has 0 amide bonds. The maximum Gasteiger partial charge on any atom is 0.0409 e. The third-order valence-corrected chi connectivity index (χ3v) is 3.65. The highest BCUT2D eigenvalue weighted by molar-refractivity contribution is 9.10. The van der Waals surface area contributed by atoms with Crippen LogP contribution in [0.5, 0.6) is 0 Å². The molecule has 76 valence electrons. The summed E-state index contributed by atoms with van der Waals surface area (Å²) in [5.41, 5.74) is 1.34. The van der Waals surface area contributed by atoms with Crippen LogP contribution in [-0.4, -0.2) is 13.1 Å². The standard InChI is InChI=1S/C11H13BrClN/c12-11-4-3-9(13)6-10(11)8-2-1-5-14-7-8/h3-4,6,8,14H,1-2,5,7H2/t8-/m1/s1. The van der Waals surface area contributed by atoms with E-state index in [0.717, 1.165) is 18.1 Å². The number of rotatable bonds is 1. The highest BCUT2D eigenvalue weighted by Crippen LogP contribution is 2.31. The Morgan fingerprint density at radius 3 is 3.00 bits per heavy atom. The molecule has 1 fully saturated rings. The summed E-state index contributed by atoms with van der Waals surface area (Å²) in [6.45, 7) is 2.22. The van der Waals surface area contributed by atoms with E-state index in [0.29, 0.717) is 5.92 Å². The zero-order valence-electron chi connectivity index (χ0n) is 7.89. The van der Waals surface area contributed by atoms with Gasteiger partial charge in [-0.15, -0.1) is 0 Å². The van der Waals surface area contributed by atoms with Crippen molar-refractivity contribution in [3.05, 3.63) is 33.3 Å². The largest absolute Gasteiger partial charge is 0.316 e. The van der Waals surface area contributed by atoms with Gasteiger partial charge >= 0.3 is 0 Å². The summed E-state index contributed by atoms with van der Waals surface area (Å²) in [7, 11) is 0. The van der Waals surface area contributed by atoms with Gasteiger partial charge in [0.05, 0.1) is 0 Å². The Labute approximate surface area is 98.0 Å². The Bertz CT molecular complexity index is 321. The van der Waals surface area contributed by atoms with Gasteiger partial charge in [0, 0.05) is 16.0 Å². The molecule has 0 aliphatic carbocycles. The molecule has 1 nitrogen and oxygen atoms in total. The molecular weight excluding hydrogens is 261 g/mol. The second-order valence-electron chi connectivity index (χ2n) is 3.71. The molecule has 0 radical (unpaired) electrons. The molecule has 0 aromatic heterocycles. The van der Waals surface area contributed by atoms with E-state index in [9.17, 15) is 0 Å². The quantitative estimate of drug-likeness (QED) is 0.825. The fourth-order valence-corrected chi connectivity index (χ4v) is 2.70. The minimum absolute atomic E-state index is 0.608. The molecular formula is C11H13BrClN. The van der Waals surface area contributed by atoms with E-state index in [1.54, 1.807) is 0 Å². The summed E-state index contributed by atoms with van der Waals surface area (Å²) in [4.78, 5) is 0. The van der Waals surface area contributed by atoms with Crippen LogP contribution in [0.2, 0.25) is 5.02 Å². The molecule has 1 atom stereocenters. The Hall–Kier alpha value is -0.0500. The van der Waals surface area contributed by atoms with Gasteiger partial charge in [-0.05, 0) is 49.1 Å². The van der Waals surface area contributed by atoms with E-state index in [2.05, 4.69) is 27.3 Å². The average Bonchev–Trinajstić information content (AvgIpc) is 2.23. The van der Waals surface area contributed by atoms with Crippen molar-refractivity contribution in [2.75, 3.05) is 13.1 Å². The molecule has 0 unspecified atom stereocenters. The van der Waals surface area contributed by atoms with E-state index in [1.165, 1.54) is 22.9 Å². The fraction of sp³-hybridized carbons (Fsp3) is 0.455. The minimum Gasteiger partial charge on any atom is -0.316 e. The first-order chi connectivity index (χ1) is 6.77. The van der Waals surface area contributed by atoms with E-state index < -0.39 is 0 Å². The molecule has 1 aliphatic heterocycles. The van der Waals surface area contributed by atoms with Crippen LogP contribution in [-0.2, 0) is 0 Å². The van der Waals surface area contributed by atoms with Crippen LogP contribution in [0.25, 0.3) is 0 Å². The monoisotopic (exact) mass is 273 g/mol. The Morgan fingerprint density at radius 1 is 1.43 bits per heavy atom. The number of halogens is 2. The zero-order valence-corrected chi connectivity index (χ0v) is 10.2. The first-order valence-electron chi connectivity index (χ1n) is 4.93. The molecule has 3 heteroatoms. The first-order valence-corrected chi connectivity index (χ1v) is 6.10. The molecule has 0 spiro atoms. The number of piperidine rings is 1. The van der Waals surface area contributed by atoms with Crippen molar-refractivity contribution < 1.29 is 0 Å². The Balaban J connectivity index is 2.24. The molecule has 2 rings (SSSR count). The van der Waals surface area contributed by atoms with Gasteiger partial charge in [-0.1, -0.05) is 27.5 Å². The van der Waals surface area contributed by atoms with Gasteiger partial charge in [0.1, 0.15) is 0 Å². The molecule has 1 aromatic rings. The summed E-state index contributed by atoms with van der Waals surface area (Å²) in [6.07, 6.45) is 2.51. The molecule has 1 heterocycles. The third kappa shape index (κ3) is 2.30. The number of hydrogen-bond donors (Lipinski definition) is 1. The zero-order chi connectivity index (χ0) is 9.97. The molecule has 14 heavy (non-hydrogen) atoms. The van der Waals surface area contributed by atoms with Crippen LogP contribution >= 0.6 is 27.5 Å². The van der Waals surface area contributed by atoms with Gasteiger partial charge in [0.15, 0.2) is 0 Å². The summed E-state index contributed by atoms with van der Waals surface area (Å²) < 4.78 is 1.18. The van der Waals surface area contributed by atoms with Gasteiger partial charge in [0.2, 0.25) is 0 Å². The predicted octanol–water partition coefficient (Wildman–Crippen LogP) is 3.57. The smallest absolute Gasteiger partial charge is 0.0409 e. The first kappa shape index (κ1) is 10.5. The number of hydrogen-bond acceptors (Lipinski definition) is 1. The predicted molar refractivity (Wildman–Crippen MR) is 64.0 cm³/mol. The van der Waals surface area contributed by atoms with Crippen molar-refractivity contribution in [3.8, 4) is 0 Å². The molecule has 1 N–H and O–H groups in total. The maximum atomic E-state index is 5.99. The lowest BCUT2D eigenvalue weighted by Crippen LogP contribution is -2.28. The topological polar surface area (TPSA) is 12.0 Å². The number of nitrogens with one attached hydrogen (secondary N) is 1. The van der Waals surface area contributed by atoms with Crippen molar-refractivity contribution in [2.45, 2.75) is 18.8 Å². The average molecular weight is 275 g/mol. The lowest BCUT2D eigenvalue weighted by molar-refractivity contribution is 0.460. The van der Waals surface area contributed by atoms with Crippen LogP contribution in [0.4, 0.5) is 0 Å². The molecule has 1 aromatic carbocycles. The minimum atomic E-state index is 0.608. The summed E-state index contributed by atoms with van der Waals surface area (Å²) in [5.74, 6) is 0.608. The maximum absolute atomic E-state index is 5.99. The second-order valence-corrected chi connectivity index (χ2v) is 5.00. The van der Waals surface area contributed by atoms with Crippen molar-refractivity contribution in [2.24, 2.45) is 0 Å². The van der Waals surface area contributed by atoms with Gasteiger partial charge in [-0.2, -0.15) is 0 Å². The Morgan fingerprint density at radius 2 is 2.29 bits per heavy atom. The van der Waals surface area contributed by atoms with Gasteiger partial charge in [0.25, 0.3) is 0 Å². The van der Waals surface area contributed by atoms with Gasteiger partial charge < -0.3 is 5.32 Å². The van der Waals surface area contributed by atoms with Crippen LogP contribution in [0, 0.1) is 0 Å². The highest BCUT2D eigenvalue weighted by atomic mass is 79.9. The molecule has 1 saturated heterocycles. The highest BCUT2D eigenvalue weighted by Gasteiger charge is 2.17. The normalized spacial score (nSPS) is 22.3. The molecule has 1 aliphatic rings. The summed E-state index contributed by atoms with van der Waals surface area (Å²) >= 11 is 9.57. The van der Waals surface area contributed by atoms with Crippen LogP contribution in [0.15, 0.2) is 22.7 Å². The summed E-state index contributed by atoms with van der Waals surface area (Å²) in [5, 5.41) is 4.24. The van der Waals surface area contributed by atoms with E-state index in [-0.39, 0.29) is 0 Å². The third-order valence-electron chi connectivity index (χ3n) is 2.69. The molecule has 0 saturated carbocycles. The van der Waals surface area contributed by atoms with Gasteiger partial charge in [-0.3, -0.25) is 0 Å². The van der Waals surface area contributed by atoms with Gasteiger partial charge in [-0.25, -0.2) is 0 Å². The SMILES string of the molecule is Clc1ccc(Br)c([C@@H]2CCCNC2)c1. The Kier molecular flexibility index (Phi) is 3.47. The lowest BCUT2D eigenvalue weighted by atomic mass is 9.92. The number of benzene rings is 1. The lowest BCUT2D eigenvalue weighted by Gasteiger charge is -2.24. The van der Waals surface area contributed by atoms with E-state index >= 15 is 0 Å². The second kappa shape index (κ2) is 4.65. The fourth-order valence-electron chi connectivity index (χ4n) is 1.94. The van der Waals surface area contributed by atoms with Crippen molar-refractivity contribution >= 4 is 27.5 Å². The van der Waals surface area contributed by atoms with Crippen molar-refractivity contribution in [1.82, 2.24) is 5.32 Å². The van der Waals surface area contributed by atoms with Crippen LogP contribution in [0.1, 0.15) is 24.3 Å². The van der Waals surface area contributed by atoms with Crippen LogP contribution in [0.3, 0.4) is 0 Å². The van der Waals surface area contributed by atoms with Crippen molar-refractivity contribution in [3.63, 3.8) is 0 Å². The van der Waals surface area contributed by atoms with Crippen molar-refractivity contribution in [1.29, 1.82) is 0 Å². The molecule has 0 bridgehead atoms. The van der Waals surface area contributed by atoms with E-state index in [1.807, 2.05) is 12.1 Å².